The molecule has 1 aliphatic heterocycles. The van der Waals surface area contributed by atoms with Crippen molar-refractivity contribution in [2.45, 2.75) is 78.4 Å². The second kappa shape index (κ2) is 16.4. The third-order valence-electron chi connectivity index (χ3n) is 7.14. The molecule has 0 bridgehead atoms. The van der Waals surface area contributed by atoms with Crippen LogP contribution in [-0.2, 0) is 55.9 Å². The highest BCUT2D eigenvalue weighted by Crippen LogP contribution is 2.36. The Hall–Kier alpha value is -4.42. The molecule has 4 rings (SSSR count). The Bertz CT molecular complexity index is 1560. The second-order valence-electron chi connectivity index (χ2n) is 11.0. The fourth-order valence-corrected chi connectivity index (χ4v) is 5.39. The van der Waals surface area contributed by atoms with Crippen molar-refractivity contribution in [1.82, 2.24) is 0 Å². The van der Waals surface area contributed by atoms with Gasteiger partial charge in [0.2, 0.25) is 12.4 Å². The Morgan fingerprint density at radius 2 is 1.36 bits per heavy atom. The molecular weight excluding hydrogens is 676 g/mol. The van der Waals surface area contributed by atoms with E-state index in [-0.39, 0.29) is 6.61 Å². The average molecular weight is 714 g/mol. The Labute approximate surface area is 281 Å². The van der Waals surface area contributed by atoms with Gasteiger partial charge in [-0.05, 0) is 41.8 Å². The normalized spacial score (nSPS) is 20.4. The first kappa shape index (κ1) is 35.4. The minimum atomic E-state index is -1.40. The number of halogens is 1. The van der Waals surface area contributed by atoms with Crippen LogP contribution in [0.2, 0.25) is 0 Å². The van der Waals surface area contributed by atoms with Gasteiger partial charge in [0.1, 0.15) is 30.8 Å². The third kappa shape index (κ3) is 10.3. The third-order valence-corrected chi connectivity index (χ3v) is 7.67. The van der Waals surface area contributed by atoms with Gasteiger partial charge in [0, 0.05) is 50.2 Å². The van der Waals surface area contributed by atoms with E-state index >= 15 is 0 Å². The van der Waals surface area contributed by atoms with Gasteiger partial charge in [-0.1, -0.05) is 58.4 Å². The predicted molar refractivity (Wildman–Crippen MR) is 171 cm³/mol. The summed E-state index contributed by atoms with van der Waals surface area (Å²) in [5.74, 6) is -1.95. The van der Waals surface area contributed by atoms with Crippen molar-refractivity contribution in [2.75, 3.05) is 6.61 Å². The SMILES string of the molecule is CC(=O)OC[C@H]1O[C@@H](Oc2cc(OCc3ccccc3)cc(C)c2Cc2ccc(Br)cc2)[C@H](OC(C)=O)[C@@H](OC(C)=O)[C@@H]1OC(C)=O. The first-order valence-corrected chi connectivity index (χ1v) is 15.7. The molecule has 1 saturated heterocycles. The van der Waals surface area contributed by atoms with Crippen molar-refractivity contribution in [3.8, 4) is 11.5 Å². The van der Waals surface area contributed by atoms with E-state index in [1.807, 2.05) is 67.6 Å². The molecule has 0 aromatic heterocycles. The van der Waals surface area contributed by atoms with Crippen molar-refractivity contribution in [1.29, 1.82) is 0 Å². The number of hydrogen-bond acceptors (Lipinski definition) is 11. The molecule has 0 unspecified atom stereocenters. The summed E-state index contributed by atoms with van der Waals surface area (Å²) in [6.07, 6.45) is -6.15. The maximum Gasteiger partial charge on any atom is 0.303 e. The minimum Gasteiger partial charge on any atom is -0.489 e. The average Bonchev–Trinajstić information content (AvgIpc) is 3.00. The molecule has 1 fully saturated rings. The van der Waals surface area contributed by atoms with Crippen LogP contribution in [0, 0.1) is 6.92 Å². The lowest BCUT2D eigenvalue weighted by Gasteiger charge is -2.44. The highest BCUT2D eigenvalue weighted by atomic mass is 79.9. The molecule has 0 saturated carbocycles. The summed E-state index contributed by atoms with van der Waals surface area (Å²) in [7, 11) is 0. The molecule has 250 valence electrons. The van der Waals surface area contributed by atoms with Gasteiger partial charge in [-0.25, -0.2) is 0 Å². The molecule has 11 nitrogen and oxygen atoms in total. The van der Waals surface area contributed by atoms with E-state index < -0.39 is 54.6 Å². The number of carbonyl (C=O) groups is 4. The number of carbonyl (C=O) groups excluding carboxylic acids is 4. The van der Waals surface area contributed by atoms with Crippen LogP contribution >= 0.6 is 15.9 Å². The number of benzene rings is 3. The van der Waals surface area contributed by atoms with Crippen molar-refractivity contribution in [3.63, 3.8) is 0 Å². The van der Waals surface area contributed by atoms with Crippen molar-refractivity contribution in [2.24, 2.45) is 0 Å². The van der Waals surface area contributed by atoms with Gasteiger partial charge >= 0.3 is 23.9 Å². The summed E-state index contributed by atoms with van der Waals surface area (Å²) < 4.78 is 41.7. The summed E-state index contributed by atoms with van der Waals surface area (Å²) >= 11 is 3.47. The number of hydrogen-bond donors (Lipinski definition) is 0. The van der Waals surface area contributed by atoms with Gasteiger partial charge in [0.25, 0.3) is 0 Å². The molecule has 3 aromatic carbocycles. The Morgan fingerprint density at radius 3 is 1.98 bits per heavy atom. The number of aryl methyl sites for hydroxylation is 1. The molecule has 5 atom stereocenters. The lowest BCUT2D eigenvalue weighted by atomic mass is 9.97. The van der Waals surface area contributed by atoms with Crippen LogP contribution in [0.15, 0.2) is 71.2 Å². The van der Waals surface area contributed by atoms with Gasteiger partial charge in [-0.2, -0.15) is 0 Å². The summed E-state index contributed by atoms with van der Waals surface area (Å²) in [5, 5.41) is 0. The van der Waals surface area contributed by atoms with E-state index in [0.717, 1.165) is 40.6 Å². The van der Waals surface area contributed by atoms with Crippen molar-refractivity contribution >= 4 is 39.8 Å². The van der Waals surface area contributed by atoms with Crippen LogP contribution in [0.3, 0.4) is 0 Å². The molecule has 47 heavy (non-hydrogen) atoms. The molecule has 0 aliphatic carbocycles. The fourth-order valence-electron chi connectivity index (χ4n) is 5.12. The van der Waals surface area contributed by atoms with E-state index in [2.05, 4.69) is 15.9 Å². The van der Waals surface area contributed by atoms with E-state index in [1.54, 1.807) is 6.07 Å². The molecule has 12 heteroatoms. The summed E-state index contributed by atoms with van der Waals surface area (Å²) in [6.45, 7) is 6.55. The summed E-state index contributed by atoms with van der Waals surface area (Å²) in [5.41, 5.74) is 3.58. The molecular formula is C35H37BrO11. The Morgan fingerprint density at radius 1 is 0.745 bits per heavy atom. The zero-order valence-corrected chi connectivity index (χ0v) is 28.3. The summed E-state index contributed by atoms with van der Waals surface area (Å²) in [4.78, 5) is 48.5. The van der Waals surface area contributed by atoms with E-state index in [0.29, 0.717) is 24.5 Å². The molecule has 0 spiro atoms. The van der Waals surface area contributed by atoms with Gasteiger partial charge in [0.15, 0.2) is 12.2 Å². The molecule has 0 N–H and O–H groups in total. The van der Waals surface area contributed by atoms with Gasteiger partial charge in [-0.3, -0.25) is 19.2 Å². The quantitative estimate of drug-likeness (QED) is 0.177. The van der Waals surface area contributed by atoms with Crippen LogP contribution in [0.5, 0.6) is 11.5 Å². The molecule has 1 heterocycles. The van der Waals surface area contributed by atoms with Crippen LogP contribution in [0.1, 0.15) is 49.9 Å². The second-order valence-corrected chi connectivity index (χ2v) is 11.9. The first-order chi connectivity index (χ1) is 22.4. The van der Waals surface area contributed by atoms with Gasteiger partial charge < -0.3 is 33.2 Å². The van der Waals surface area contributed by atoms with Gasteiger partial charge in [0.05, 0.1) is 0 Å². The van der Waals surface area contributed by atoms with E-state index in [1.165, 1.54) is 13.8 Å². The molecule has 1 aliphatic rings. The lowest BCUT2D eigenvalue weighted by molar-refractivity contribution is -0.288. The molecule has 0 radical (unpaired) electrons. The minimum absolute atomic E-state index is 0.296. The van der Waals surface area contributed by atoms with E-state index in [4.69, 9.17) is 33.2 Å². The fraction of sp³-hybridized carbons (Fsp3) is 0.371. The summed E-state index contributed by atoms with van der Waals surface area (Å²) in [6, 6.07) is 21.1. The smallest absolute Gasteiger partial charge is 0.303 e. The standard InChI is InChI=1S/C35H37BrO11/c1-20-15-28(42-18-26-9-7-6-8-10-26)17-30(29(20)16-25-11-13-27(36)14-12-25)46-35-34(45-24(5)40)33(44-23(4)39)32(43-22(3)38)31(47-35)19-41-21(2)37/h6-15,17,31-35H,16,18-19H2,1-5H3/t31-,32-,33+,34-,35-/m1/s1. The Balaban J connectivity index is 1.77. The first-order valence-electron chi connectivity index (χ1n) is 14.9. The number of rotatable bonds is 12. The van der Waals surface area contributed by atoms with Crippen LogP contribution < -0.4 is 9.47 Å². The highest BCUT2D eigenvalue weighted by Gasteiger charge is 2.53. The maximum absolute atomic E-state index is 12.4. The largest absolute Gasteiger partial charge is 0.489 e. The number of esters is 4. The molecule has 0 amide bonds. The van der Waals surface area contributed by atoms with E-state index in [9.17, 15) is 19.2 Å². The highest BCUT2D eigenvalue weighted by molar-refractivity contribution is 9.10. The number of ether oxygens (including phenoxy) is 7. The van der Waals surface area contributed by atoms with Crippen LogP contribution in [0.4, 0.5) is 0 Å². The predicted octanol–water partition coefficient (Wildman–Crippen LogP) is 5.39. The van der Waals surface area contributed by atoms with Crippen molar-refractivity contribution < 1.29 is 52.3 Å². The zero-order chi connectivity index (χ0) is 34.1. The monoisotopic (exact) mass is 712 g/mol. The molecule has 3 aromatic rings. The topological polar surface area (TPSA) is 133 Å². The van der Waals surface area contributed by atoms with Crippen LogP contribution in [-0.4, -0.2) is 61.2 Å². The lowest BCUT2D eigenvalue weighted by Crippen LogP contribution is -2.63. The van der Waals surface area contributed by atoms with Crippen molar-refractivity contribution in [3.05, 3.63) is 93.5 Å². The van der Waals surface area contributed by atoms with Crippen LogP contribution in [0.25, 0.3) is 0 Å². The Kier molecular flexibility index (Phi) is 12.4. The zero-order valence-electron chi connectivity index (χ0n) is 26.7. The maximum atomic E-state index is 12.4. The van der Waals surface area contributed by atoms with Gasteiger partial charge in [-0.15, -0.1) is 0 Å².